The Morgan fingerprint density at radius 2 is 2.02 bits per heavy atom. The van der Waals surface area contributed by atoms with Gasteiger partial charge in [-0.1, -0.05) is 6.07 Å². The molecule has 212 valence electrons. The number of aliphatic hydroxyl groups is 1. The Labute approximate surface area is 258 Å². The van der Waals surface area contributed by atoms with Crippen molar-refractivity contribution < 1.29 is 33.6 Å². The van der Waals surface area contributed by atoms with Crippen molar-refractivity contribution in [3.63, 3.8) is 0 Å². The van der Waals surface area contributed by atoms with E-state index in [1.54, 1.807) is 32.0 Å². The van der Waals surface area contributed by atoms with Gasteiger partial charge in [-0.3, -0.25) is 5.43 Å². The number of nitriles is 1. The molecule has 0 unspecified atom stereocenters. The van der Waals surface area contributed by atoms with Gasteiger partial charge in [0.25, 0.3) is 0 Å². The van der Waals surface area contributed by atoms with Crippen LogP contribution in [0.15, 0.2) is 46.7 Å². The number of hydrazone groups is 1. The lowest BCUT2D eigenvalue weighted by Gasteiger charge is -2.28. The minimum absolute atomic E-state index is 0.105. The lowest BCUT2D eigenvalue weighted by Crippen LogP contribution is -2.45. The van der Waals surface area contributed by atoms with Crippen LogP contribution in [0.4, 0.5) is 4.79 Å². The van der Waals surface area contributed by atoms with E-state index in [-0.39, 0.29) is 18.8 Å². The highest BCUT2D eigenvalue weighted by Crippen LogP contribution is 2.35. The molecule has 0 radical (unpaired) electrons. The normalized spacial score (nSPS) is 15.5. The van der Waals surface area contributed by atoms with Crippen molar-refractivity contribution in [1.29, 1.82) is 5.26 Å². The van der Waals surface area contributed by atoms with Crippen molar-refractivity contribution in [3.8, 4) is 23.3 Å². The molecule has 0 saturated heterocycles. The maximum atomic E-state index is 12.4. The summed E-state index contributed by atoms with van der Waals surface area (Å²) in [4.78, 5) is 24.5. The minimum atomic E-state index is -1.17. The molecule has 2 atom stereocenters. The molecular formula is C26H27I2N5O7. The molecule has 0 saturated carbocycles. The van der Waals surface area contributed by atoms with Gasteiger partial charge in [0.2, 0.25) is 0 Å². The van der Waals surface area contributed by atoms with Crippen molar-refractivity contribution in [2.45, 2.75) is 26.1 Å². The molecule has 2 aromatic rings. The van der Waals surface area contributed by atoms with Crippen LogP contribution in [0, 0.1) is 18.5 Å². The van der Waals surface area contributed by atoms with Crippen LogP contribution in [0.2, 0.25) is 0 Å². The smallest absolute Gasteiger partial charge is 0.337 e. The minimum Gasteiger partial charge on any atom is -0.490 e. The number of ether oxygens (including phenoxy) is 4. The fourth-order valence-corrected chi connectivity index (χ4v) is 5.79. The molecule has 12 nitrogen and oxygen atoms in total. The summed E-state index contributed by atoms with van der Waals surface area (Å²) in [7, 11) is 1.27. The highest BCUT2D eigenvalue weighted by Gasteiger charge is 2.32. The quantitative estimate of drug-likeness (QED) is 0.0834. The van der Waals surface area contributed by atoms with Crippen LogP contribution >= 0.6 is 45.2 Å². The Morgan fingerprint density at radius 1 is 1.25 bits per heavy atom. The number of carbonyl (C=O) groups is 2. The summed E-state index contributed by atoms with van der Waals surface area (Å²) in [5.41, 5.74) is 4.46. The molecule has 0 aromatic heterocycles. The van der Waals surface area contributed by atoms with Crippen LogP contribution in [-0.2, 0) is 9.53 Å². The number of nitrogens with one attached hydrogen (secondary N) is 3. The molecule has 40 heavy (non-hydrogen) atoms. The molecule has 0 spiro atoms. The molecule has 0 fully saturated rings. The van der Waals surface area contributed by atoms with Gasteiger partial charge in [-0.25, -0.2) is 9.59 Å². The van der Waals surface area contributed by atoms with Crippen LogP contribution in [0.1, 0.15) is 31.0 Å². The predicted octanol–water partition coefficient (Wildman–Crippen LogP) is 3.32. The van der Waals surface area contributed by atoms with Gasteiger partial charge in [0.1, 0.15) is 18.4 Å². The molecule has 1 aliphatic rings. The lowest BCUT2D eigenvalue weighted by atomic mass is 9.95. The highest BCUT2D eigenvalue weighted by molar-refractivity contribution is 14.1. The first-order valence-corrected chi connectivity index (χ1v) is 14.1. The second-order valence-electron chi connectivity index (χ2n) is 8.17. The zero-order valence-corrected chi connectivity index (χ0v) is 26.1. The van der Waals surface area contributed by atoms with E-state index in [2.05, 4.69) is 66.3 Å². The average molecular weight is 775 g/mol. The summed E-state index contributed by atoms with van der Waals surface area (Å²) in [6.07, 6.45) is 0.318. The molecule has 14 heteroatoms. The summed E-state index contributed by atoms with van der Waals surface area (Å²) < 4.78 is 23.7. The van der Waals surface area contributed by atoms with Crippen LogP contribution in [0.25, 0.3) is 0 Å². The van der Waals surface area contributed by atoms with E-state index in [4.69, 9.17) is 24.2 Å². The van der Waals surface area contributed by atoms with Gasteiger partial charge in [-0.15, -0.1) is 0 Å². The van der Waals surface area contributed by atoms with Gasteiger partial charge >= 0.3 is 12.0 Å². The number of urea groups is 1. The van der Waals surface area contributed by atoms with Crippen molar-refractivity contribution in [1.82, 2.24) is 16.1 Å². The maximum Gasteiger partial charge on any atom is 0.337 e. The van der Waals surface area contributed by atoms with E-state index in [0.717, 1.165) is 7.14 Å². The van der Waals surface area contributed by atoms with E-state index in [1.807, 2.05) is 18.2 Å². The molecule has 1 heterocycles. The van der Waals surface area contributed by atoms with Crippen LogP contribution in [-0.4, -0.2) is 56.5 Å². The third-order valence-corrected chi connectivity index (χ3v) is 6.84. The zero-order valence-electron chi connectivity index (χ0n) is 21.8. The van der Waals surface area contributed by atoms with E-state index in [9.17, 15) is 14.7 Å². The van der Waals surface area contributed by atoms with Crippen LogP contribution in [0.5, 0.6) is 17.2 Å². The van der Waals surface area contributed by atoms with Crippen molar-refractivity contribution >= 4 is 63.4 Å². The Hall–Kier alpha value is -3.30. The molecule has 0 aliphatic carbocycles. The molecule has 4 N–H and O–H groups in total. The number of allylic oxidation sites excluding steroid dienone is 1. The van der Waals surface area contributed by atoms with Crippen molar-refractivity contribution in [2.24, 2.45) is 5.10 Å². The second kappa shape index (κ2) is 14.9. The largest absolute Gasteiger partial charge is 0.490 e. The standard InChI is InChI=1S/C26H27I2N5O7/c1-4-38-20-10-15(23-22(25(35)37-3)14(2)31-26(36)32-23)5-6-19(20)40-13-21(34)33-30-12-16-9-17(27)11-18(28)24(16)39-8-7-29/h5-6,9-12,21,23,33-34H,4,8,13H2,1-3H3,(H2,31,32,36)/b30-12+/t21-,23-/m1/s1. The lowest BCUT2D eigenvalue weighted by molar-refractivity contribution is -0.136. The van der Waals surface area contributed by atoms with Crippen molar-refractivity contribution in [3.05, 3.63) is 59.9 Å². The third-order valence-electron chi connectivity index (χ3n) is 5.42. The van der Waals surface area contributed by atoms with Gasteiger partial charge in [-0.2, -0.15) is 10.4 Å². The van der Waals surface area contributed by atoms with E-state index in [1.165, 1.54) is 13.3 Å². The molecule has 2 aromatic carbocycles. The first kappa shape index (κ1) is 31.2. The van der Waals surface area contributed by atoms with Crippen LogP contribution < -0.4 is 30.3 Å². The summed E-state index contributed by atoms with van der Waals surface area (Å²) in [5.74, 6) is 0.644. The predicted molar refractivity (Wildman–Crippen MR) is 162 cm³/mol. The molecule has 1 aliphatic heterocycles. The number of methoxy groups -OCH3 is 1. The van der Waals surface area contributed by atoms with Gasteiger partial charge in [0, 0.05) is 14.8 Å². The monoisotopic (exact) mass is 775 g/mol. The van der Waals surface area contributed by atoms with Gasteiger partial charge < -0.3 is 34.7 Å². The first-order valence-electron chi connectivity index (χ1n) is 11.9. The Morgan fingerprint density at radius 3 is 2.73 bits per heavy atom. The zero-order chi connectivity index (χ0) is 29.2. The maximum absolute atomic E-state index is 12.4. The molecule has 3 rings (SSSR count). The van der Waals surface area contributed by atoms with Gasteiger partial charge in [0.15, 0.2) is 24.3 Å². The summed E-state index contributed by atoms with van der Waals surface area (Å²) >= 11 is 4.29. The number of nitrogens with zero attached hydrogens (tertiary/aromatic N) is 2. The van der Waals surface area contributed by atoms with Gasteiger partial charge in [0.05, 0.1) is 35.1 Å². The highest BCUT2D eigenvalue weighted by atomic mass is 127. The number of amides is 2. The topological polar surface area (TPSA) is 164 Å². The summed E-state index contributed by atoms with van der Waals surface area (Å²) in [5, 5.41) is 28.6. The SMILES string of the molecule is CCOc1cc([C@H]2NC(=O)NC(C)=C2C(=O)OC)ccc1OC[C@@H](O)N/N=C/c1cc(I)cc(I)c1OCC#N. The number of hydrogen-bond donors (Lipinski definition) is 4. The van der Waals surface area contributed by atoms with Crippen LogP contribution in [0.3, 0.4) is 0 Å². The Balaban J connectivity index is 1.72. The number of carbonyl (C=O) groups excluding carboxylic acids is 2. The summed E-state index contributed by atoms with van der Waals surface area (Å²) in [6.45, 7) is 3.47. The average Bonchev–Trinajstić information content (AvgIpc) is 2.91. The molecular weight excluding hydrogens is 748 g/mol. The number of esters is 1. The fourth-order valence-electron chi connectivity index (χ4n) is 3.75. The van der Waals surface area contributed by atoms with Gasteiger partial charge in [-0.05, 0) is 88.9 Å². The second-order valence-corrected chi connectivity index (χ2v) is 10.6. The Bertz CT molecular complexity index is 1360. The van der Waals surface area contributed by atoms with Crippen molar-refractivity contribution in [2.75, 3.05) is 26.9 Å². The Kier molecular flexibility index (Phi) is 11.6. The number of aliphatic hydroxyl groups excluding tert-OH is 1. The number of hydrogen-bond acceptors (Lipinski definition) is 10. The van der Waals surface area contributed by atoms with E-state index >= 15 is 0 Å². The number of rotatable bonds is 12. The fraction of sp³-hybridized carbons (Fsp3) is 0.308. The number of benzene rings is 2. The van der Waals surface area contributed by atoms with E-state index < -0.39 is 24.3 Å². The number of halogens is 2. The first-order chi connectivity index (χ1) is 19.2. The van der Waals surface area contributed by atoms with E-state index in [0.29, 0.717) is 40.7 Å². The summed E-state index contributed by atoms with van der Waals surface area (Å²) in [6, 6.07) is 9.45. The molecule has 2 amide bonds. The third kappa shape index (κ3) is 8.11. The molecule has 0 bridgehead atoms.